The lowest BCUT2D eigenvalue weighted by molar-refractivity contribution is 0.0994. The number of nitrogens with two attached hydrogens (primary N) is 1. The molecule has 92 valence electrons. The Morgan fingerprint density at radius 3 is 2.28 bits per heavy atom. The number of benzene rings is 1. The van der Waals surface area contributed by atoms with Crippen molar-refractivity contribution in [1.82, 2.24) is 9.97 Å². The van der Waals surface area contributed by atoms with Gasteiger partial charge in [0.1, 0.15) is 11.4 Å². The fourth-order valence-corrected chi connectivity index (χ4v) is 1.76. The molecule has 0 unspecified atom stereocenters. The van der Waals surface area contributed by atoms with E-state index in [4.69, 9.17) is 5.73 Å². The van der Waals surface area contributed by atoms with Gasteiger partial charge in [-0.1, -0.05) is 0 Å². The third-order valence-corrected chi connectivity index (χ3v) is 2.62. The predicted molar refractivity (Wildman–Crippen MR) is 67.1 cm³/mol. The summed E-state index contributed by atoms with van der Waals surface area (Å²) in [7, 11) is 0. The number of carbonyl (C=O) groups excluding carboxylic acids is 1. The minimum atomic E-state index is -0.597. The van der Waals surface area contributed by atoms with Crippen LogP contribution in [0.5, 0.6) is 5.75 Å². The van der Waals surface area contributed by atoms with E-state index in [0.717, 1.165) is 5.56 Å². The molecule has 5 nitrogen and oxygen atoms in total. The Bertz CT molecular complexity index is 606. The first-order valence-electron chi connectivity index (χ1n) is 5.43. The maximum Gasteiger partial charge on any atom is 0.269 e. The number of hydrogen-bond donors (Lipinski definition) is 2. The molecule has 0 spiro atoms. The first-order valence-corrected chi connectivity index (χ1v) is 5.43. The van der Waals surface area contributed by atoms with Gasteiger partial charge in [0.05, 0.1) is 17.1 Å². The summed E-state index contributed by atoms with van der Waals surface area (Å²) in [5.74, 6) is -0.424. The molecule has 0 fully saturated rings. The number of primary amides is 1. The molecule has 1 amide bonds. The Hall–Kier alpha value is -2.43. The largest absolute Gasteiger partial charge is 0.508 e. The van der Waals surface area contributed by atoms with Crippen LogP contribution in [0.3, 0.4) is 0 Å². The van der Waals surface area contributed by atoms with E-state index < -0.39 is 5.91 Å². The smallest absolute Gasteiger partial charge is 0.269 e. The van der Waals surface area contributed by atoms with E-state index in [1.807, 2.05) is 6.92 Å². The van der Waals surface area contributed by atoms with Crippen LogP contribution in [-0.4, -0.2) is 21.0 Å². The summed E-state index contributed by atoms with van der Waals surface area (Å²) in [6.45, 7) is 3.51. The Morgan fingerprint density at radius 2 is 1.72 bits per heavy atom. The number of phenolic OH excluding ortho intramolecular Hbond substituents is 1. The van der Waals surface area contributed by atoms with E-state index in [-0.39, 0.29) is 11.4 Å². The number of phenols is 1. The zero-order valence-electron chi connectivity index (χ0n) is 10.1. The molecule has 0 aliphatic heterocycles. The van der Waals surface area contributed by atoms with Crippen LogP contribution in [0.1, 0.15) is 21.9 Å². The summed E-state index contributed by atoms with van der Waals surface area (Å²) in [6, 6.07) is 6.54. The molecule has 0 saturated carbocycles. The summed E-state index contributed by atoms with van der Waals surface area (Å²) in [5.41, 5.74) is 8.02. The molecule has 3 N–H and O–H groups in total. The molecular formula is C13H13N3O2. The molecule has 1 aromatic carbocycles. The first-order chi connectivity index (χ1) is 8.49. The van der Waals surface area contributed by atoms with Gasteiger partial charge in [-0.25, -0.2) is 4.98 Å². The summed E-state index contributed by atoms with van der Waals surface area (Å²) < 4.78 is 0. The highest BCUT2D eigenvalue weighted by Gasteiger charge is 2.13. The maximum atomic E-state index is 11.3. The van der Waals surface area contributed by atoms with Gasteiger partial charge in [-0.2, -0.15) is 0 Å². The highest BCUT2D eigenvalue weighted by Crippen LogP contribution is 2.23. The molecule has 0 atom stereocenters. The molecule has 2 rings (SSSR count). The molecular weight excluding hydrogens is 230 g/mol. The van der Waals surface area contributed by atoms with E-state index in [0.29, 0.717) is 17.1 Å². The van der Waals surface area contributed by atoms with Gasteiger partial charge >= 0.3 is 0 Å². The van der Waals surface area contributed by atoms with Gasteiger partial charge in [0.25, 0.3) is 5.91 Å². The minimum Gasteiger partial charge on any atom is -0.508 e. The molecule has 2 aromatic rings. The van der Waals surface area contributed by atoms with Gasteiger partial charge in [-0.15, -0.1) is 0 Å². The number of rotatable bonds is 2. The zero-order valence-corrected chi connectivity index (χ0v) is 10.1. The van der Waals surface area contributed by atoms with E-state index >= 15 is 0 Å². The van der Waals surface area contributed by atoms with Crippen molar-refractivity contribution in [3.05, 3.63) is 41.3 Å². The average molecular weight is 243 g/mol. The zero-order chi connectivity index (χ0) is 13.3. The number of amides is 1. The number of hydrogen-bond acceptors (Lipinski definition) is 4. The Kier molecular flexibility index (Phi) is 2.97. The minimum absolute atomic E-state index is 0.170. The topological polar surface area (TPSA) is 89.1 Å². The van der Waals surface area contributed by atoms with Gasteiger partial charge < -0.3 is 10.8 Å². The normalized spacial score (nSPS) is 10.3. The molecule has 1 aromatic heterocycles. The first kappa shape index (κ1) is 12.0. The molecule has 0 saturated heterocycles. The SMILES string of the molecule is Cc1nc(C)c(-c2ccc(O)cc2)nc1C(N)=O. The maximum absolute atomic E-state index is 11.3. The number of aromatic nitrogens is 2. The van der Waals surface area contributed by atoms with Crippen LogP contribution >= 0.6 is 0 Å². The standard InChI is InChI=1S/C13H13N3O2/c1-7-11(9-3-5-10(17)6-4-9)16-12(13(14)18)8(2)15-7/h3-6,17H,1-2H3,(H2,14,18). The third-order valence-electron chi connectivity index (χ3n) is 2.62. The summed E-state index contributed by atoms with van der Waals surface area (Å²) in [6.07, 6.45) is 0. The summed E-state index contributed by atoms with van der Waals surface area (Å²) in [4.78, 5) is 19.8. The van der Waals surface area contributed by atoms with Crippen molar-refractivity contribution in [2.24, 2.45) is 5.73 Å². The third kappa shape index (κ3) is 2.15. The lowest BCUT2D eigenvalue weighted by Gasteiger charge is -2.08. The van der Waals surface area contributed by atoms with Crippen molar-refractivity contribution in [2.75, 3.05) is 0 Å². The van der Waals surface area contributed by atoms with E-state index in [1.54, 1.807) is 31.2 Å². The molecule has 5 heteroatoms. The molecule has 0 radical (unpaired) electrons. The van der Waals surface area contributed by atoms with Crippen molar-refractivity contribution < 1.29 is 9.90 Å². The fraction of sp³-hybridized carbons (Fsp3) is 0.154. The second-order valence-electron chi connectivity index (χ2n) is 4.00. The highest BCUT2D eigenvalue weighted by atomic mass is 16.3. The van der Waals surface area contributed by atoms with Gasteiger partial charge in [0.15, 0.2) is 0 Å². The summed E-state index contributed by atoms with van der Waals surface area (Å²) in [5, 5.41) is 9.25. The fourth-order valence-electron chi connectivity index (χ4n) is 1.76. The van der Waals surface area contributed by atoms with Crippen LogP contribution in [0.4, 0.5) is 0 Å². The molecule has 1 heterocycles. The van der Waals surface area contributed by atoms with Crippen LogP contribution in [0.15, 0.2) is 24.3 Å². The Morgan fingerprint density at radius 1 is 1.11 bits per heavy atom. The highest BCUT2D eigenvalue weighted by molar-refractivity contribution is 5.92. The summed E-state index contributed by atoms with van der Waals surface area (Å²) >= 11 is 0. The van der Waals surface area contributed by atoms with Crippen molar-refractivity contribution in [3.63, 3.8) is 0 Å². The molecule has 0 bridgehead atoms. The van der Waals surface area contributed by atoms with Gasteiger partial charge in [0, 0.05) is 5.56 Å². The van der Waals surface area contributed by atoms with Crippen LogP contribution in [0, 0.1) is 13.8 Å². The molecule has 0 aliphatic carbocycles. The average Bonchev–Trinajstić information content (AvgIpc) is 2.30. The number of aromatic hydroxyl groups is 1. The second kappa shape index (κ2) is 4.44. The van der Waals surface area contributed by atoms with Crippen molar-refractivity contribution in [2.45, 2.75) is 13.8 Å². The lowest BCUT2D eigenvalue weighted by Crippen LogP contribution is -2.17. The van der Waals surface area contributed by atoms with Gasteiger partial charge in [-0.3, -0.25) is 9.78 Å². The monoisotopic (exact) mass is 243 g/mol. The van der Waals surface area contributed by atoms with E-state index in [2.05, 4.69) is 9.97 Å². The quantitative estimate of drug-likeness (QED) is 0.837. The Labute approximate surface area is 104 Å². The molecule has 18 heavy (non-hydrogen) atoms. The van der Waals surface area contributed by atoms with Crippen LogP contribution in [0.2, 0.25) is 0 Å². The predicted octanol–water partition coefficient (Wildman–Crippen LogP) is 1.56. The molecule has 0 aliphatic rings. The second-order valence-corrected chi connectivity index (χ2v) is 4.00. The Balaban J connectivity index is 2.60. The van der Waals surface area contributed by atoms with Crippen molar-refractivity contribution in [3.8, 4) is 17.0 Å². The van der Waals surface area contributed by atoms with E-state index in [1.165, 1.54) is 0 Å². The van der Waals surface area contributed by atoms with Gasteiger partial charge in [-0.05, 0) is 38.1 Å². The number of nitrogens with zero attached hydrogens (tertiary/aromatic N) is 2. The number of carbonyl (C=O) groups is 1. The lowest BCUT2D eigenvalue weighted by atomic mass is 10.1. The number of aryl methyl sites for hydroxylation is 2. The van der Waals surface area contributed by atoms with Gasteiger partial charge in [0.2, 0.25) is 0 Å². The van der Waals surface area contributed by atoms with E-state index in [9.17, 15) is 9.90 Å². The van der Waals surface area contributed by atoms with Crippen molar-refractivity contribution >= 4 is 5.91 Å². The van der Waals surface area contributed by atoms with Crippen LogP contribution < -0.4 is 5.73 Å². The van der Waals surface area contributed by atoms with Crippen LogP contribution in [-0.2, 0) is 0 Å². The van der Waals surface area contributed by atoms with Crippen molar-refractivity contribution in [1.29, 1.82) is 0 Å². The van der Waals surface area contributed by atoms with Crippen LogP contribution in [0.25, 0.3) is 11.3 Å².